The van der Waals surface area contributed by atoms with Gasteiger partial charge in [-0.1, -0.05) is 0 Å². The molecule has 6 heteroatoms. The van der Waals surface area contributed by atoms with Crippen LogP contribution in [0.2, 0.25) is 0 Å². The van der Waals surface area contributed by atoms with Crippen LogP contribution >= 0.6 is 15.9 Å². The molecule has 1 aromatic rings. The monoisotopic (exact) mass is 289 g/mol. The summed E-state index contributed by atoms with van der Waals surface area (Å²) in [4.78, 5) is 16.6. The SMILES string of the molecule is CN(C)C(=O)CCNc1ncc(Br)cc1F. The minimum atomic E-state index is -0.438. The van der Waals surface area contributed by atoms with Crippen molar-refractivity contribution in [3.8, 4) is 0 Å². The van der Waals surface area contributed by atoms with Gasteiger partial charge >= 0.3 is 0 Å². The molecule has 88 valence electrons. The Labute approximate surface area is 102 Å². The fourth-order valence-corrected chi connectivity index (χ4v) is 1.36. The van der Waals surface area contributed by atoms with Crippen LogP contribution in [0.5, 0.6) is 0 Å². The Hall–Kier alpha value is -1.17. The van der Waals surface area contributed by atoms with E-state index in [9.17, 15) is 9.18 Å². The van der Waals surface area contributed by atoms with Gasteiger partial charge in [0.05, 0.1) is 0 Å². The van der Waals surface area contributed by atoms with Crippen molar-refractivity contribution in [2.45, 2.75) is 6.42 Å². The fourth-order valence-electron chi connectivity index (χ4n) is 1.06. The Morgan fingerprint density at radius 3 is 2.88 bits per heavy atom. The second-order valence-corrected chi connectivity index (χ2v) is 4.36. The van der Waals surface area contributed by atoms with Crippen molar-refractivity contribution < 1.29 is 9.18 Å². The molecule has 0 aromatic carbocycles. The molecule has 1 amide bonds. The lowest BCUT2D eigenvalue weighted by atomic mass is 10.3. The summed E-state index contributed by atoms with van der Waals surface area (Å²) in [7, 11) is 3.36. The zero-order chi connectivity index (χ0) is 12.1. The summed E-state index contributed by atoms with van der Waals surface area (Å²) in [5.41, 5.74) is 0. The van der Waals surface area contributed by atoms with Gasteiger partial charge in [-0.3, -0.25) is 4.79 Å². The maximum atomic E-state index is 13.3. The molecule has 1 N–H and O–H groups in total. The van der Waals surface area contributed by atoms with E-state index in [4.69, 9.17) is 0 Å². The van der Waals surface area contributed by atoms with Gasteiger partial charge in [0.15, 0.2) is 11.6 Å². The largest absolute Gasteiger partial charge is 0.367 e. The topological polar surface area (TPSA) is 45.2 Å². The molecule has 0 unspecified atom stereocenters. The zero-order valence-corrected chi connectivity index (χ0v) is 10.7. The Bertz CT molecular complexity index is 384. The lowest BCUT2D eigenvalue weighted by Crippen LogP contribution is -2.24. The molecule has 16 heavy (non-hydrogen) atoms. The van der Waals surface area contributed by atoms with E-state index in [1.54, 1.807) is 14.1 Å². The van der Waals surface area contributed by atoms with Gasteiger partial charge in [-0.15, -0.1) is 0 Å². The summed E-state index contributed by atoms with van der Waals surface area (Å²) in [5, 5.41) is 2.77. The molecule has 4 nitrogen and oxygen atoms in total. The first-order valence-electron chi connectivity index (χ1n) is 4.76. The third-order valence-corrected chi connectivity index (χ3v) is 2.37. The molecule has 1 aromatic heterocycles. The normalized spacial score (nSPS) is 10.0. The fraction of sp³-hybridized carbons (Fsp3) is 0.400. The number of halogens is 2. The molecule has 0 saturated carbocycles. The molecule has 0 atom stereocenters. The van der Waals surface area contributed by atoms with E-state index in [0.717, 1.165) is 0 Å². The first-order chi connectivity index (χ1) is 7.50. The molecular weight excluding hydrogens is 277 g/mol. The standard InChI is InChI=1S/C10H13BrFN3O/c1-15(2)9(16)3-4-13-10-8(12)5-7(11)6-14-10/h5-6H,3-4H2,1-2H3,(H,13,14). The predicted molar refractivity (Wildman–Crippen MR) is 63.7 cm³/mol. The van der Waals surface area contributed by atoms with E-state index in [2.05, 4.69) is 26.2 Å². The molecule has 0 aliphatic carbocycles. The number of nitrogens with one attached hydrogen (secondary N) is 1. The van der Waals surface area contributed by atoms with Crippen molar-refractivity contribution in [1.29, 1.82) is 0 Å². The first kappa shape index (κ1) is 12.9. The summed E-state index contributed by atoms with van der Waals surface area (Å²) >= 11 is 3.12. The van der Waals surface area contributed by atoms with E-state index >= 15 is 0 Å². The number of anilines is 1. The van der Waals surface area contributed by atoms with Crippen LogP contribution in [0.25, 0.3) is 0 Å². The van der Waals surface area contributed by atoms with Gasteiger partial charge in [-0.2, -0.15) is 0 Å². The molecule has 0 aliphatic rings. The molecule has 0 bridgehead atoms. The summed E-state index contributed by atoms with van der Waals surface area (Å²) in [6, 6.07) is 1.32. The second kappa shape index (κ2) is 5.79. The maximum Gasteiger partial charge on any atom is 0.223 e. The maximum absolute atomic E-state index is 13.3. The van der Waals surface area contributed by atoms with Crippen LogP contribution in [0.3, 0.4) is 0 Å². The number of nitrogens with zero attached hydrogens (tertiary/aromatic N) is 2. The number of rotatable bonds is 4. The molecular formula is C10H13BrFN3O. The van der Waals surface area contributed by atoms with E-state index in [-0.39, 0.29) is 11.7 Å². The van der Waals surface area contributed by atoms with Crippen molar-refractivity contribution >= 4 is 27.7 Å². The van der Waals surface area contributed by atoms with Gasteiger partial charge in [-0.05, 0) is 22.0 Å². The summed E-state index contributed by atoms with van der Waals surface area (Å²) in [6.07, 6.45) is 1.81. The Morgan fingerprint density at radius 2 is 2.31 bits per heavy atom. The van der Waals surface area contributed by atoms with Crippen molar-refractivity contribution in [1.82, 2.24) is 9.88 Å². The molecule has 1 heterocycles. The van der Waals surface area contributed by atoms with Gasteiger partial charge in [0, 0.05) is 37.7 Å². The van der Waals surface area contributed by atoms with E-state index in [0.29, 0.717) is 17.4 Å². The van der Waals surface area contributed by atoms with Crippen molar-refractivity contribution in [3.63, 3.8) is 0 Å². The van der Waals surface area contributed by atoms with Crippen LogP contribution < -0.4 is 5.32 Å². The van der Waals surface area contributed by atoms with E-state index in [1.807, 2.05) is 0 Å². The lowest BCUT2D eigenvalue weighted by molar-refractivity contribution is -0.128. The molecule has 1 rings (SSSR count). The van der Waals surface area contributed by atoms with Gasteiger partial charge in [0.1, 0.15) is 0 Å². The van der Waals surface area contributed by atoms with E-state index in [1.165, 1.54) is 17.2 Å². The highest BCUT2D eigenvalue weighted by Crippen LogP contribution is 2.15. The molecule has 0 spiro atoms. The highest BCUT2D eigenvalue weighted by molar-refractivity contribution is 9.10. The van der Waals surface area contributed by atoms with Crippen molar-refractivity contribution in [2.75, 3.05) is 26.0 Å². The van der Waals surface area contributed by atoms with Gasteiger partial charge in [-0.25, -0.2) is 9.37 Å². The number of hydrogen-bond donors (Lipinski definition) is 1. The Kier molecular flexibility index (Phi) is 4.67. The van der Waals surface area contributed by atoms with Crippen molar-refractivity contribution in [2.24, 2.45) is 0 Å². The average molecular weight is 290 g/mol. The summed E-state index contributed by atoms with van der Waals surface area (Å²) < 4.78 is 13.9. The highest BCUT2D eigenvalue weighted by atomic mass is 79.9. The second-order valence-electron chi connectivity index (χ2n) is 3.45. The predicted octanol–water partition coefficient (Wildman–Crippen LogP) is 1.87. The lowest BCUT2D eigenvalue weighted by Gasteiger charge is -2.11. The minimum Gasteiger partial charge on any atom is -0.367 e. The number of hydrogen-bond acceptors (Lipinski definition) is 3. The van der Waals surface area contributed by atoms with Crippen molar-refractivity contribution in [3.05, 3.63) is 22.6 Å². The van der Waals surface area contributed by atoms with Gasteiger partial charge < -0.3 is 10.2 Å². The average Bonchev–Trinajstić information content (AvgIpc) is 2.20. The van der Waals surface area contributed by atoms with Crippen LogP contribution in [0, 0.1) is 5.82 Å². The van der Waals surface area contributed by atoms with Crippen LogP contribution in [-0.2, 0) is 4.79 Å². The quantitative estimate of drug-likeness (QED) is 0.920. The van der Waals surface area contributed by atoms with Crippen LogP contribution in [0.1, 0.15) is 6.42 Å². The van der Waals surface area contributed by atoms with Crippen LogP contribution in [0.4, 0.5) is 10.2 Å². The van der Waals surface area contributed by atoms with E-state index < -0.39 is 5.82 Å². The summed E-state index contributed by atoms with van der Waals surface area (Å²) in [5.74, 6) is -0.286. The third kappa shape index (κ3) is 3.77. The highest BCUT2D eigenvalue weighted by Gasteiger charge is 2.06. The van der Waals surface area contributed by atoms with Crippen LogP contribution in [-0.4, -0.2) is 36.4 Å². The molecule has 0 saturated heterocycles. The molecule has 0 aliphatic heterocycles. The number of carbonyl (C=O) groups is 1. The smallest absolute Gasteiger partial charge is 0.223 e. The molecule has 0 radical (unpaired) electrons. The zero-order valence-electron chi connectivity index (χ0n) is 9.13. The minimum absolute atomic E-state index is 0.00924. The number of pyridine rings is 1. The summed E-state index contributed by atoms with van der Waals surface area (Å²) in [6.45, 7) is 0.364. The third-order valence-electron chi connectivity index (χ3n) is 1.94. The molecule has 0 fully saturated rings. The number of aromatic nitrogens is 1. The number of amides is 1. The van der Waals surface area contributed by atoms with Gasteiger partial charge in [0.2, 0.25) is 5.91 Å². The first-order valence-corrected chi connectivity index (χ1v) is 5.55. The van der Waals surface area contributed by atoms with Gasteiger partial charge in [0.25, 0.3) is 0 Å². The van der Waals surface area contributed by atoms with Crippen LogP contribution in [0.15, 0.2) is 16.7 Å². The Balaban J connectivity index is 2.46. The number of carbonyl (C=O) groups excluding carboxylic acids is 1. The Morgan fingerprint density at radius 1 is 1.62 bits per heavy atom.